The highest BCUT2D eigenvalue weighted by atomic mass is 16.5. The van der Waals surface area contributed by atoms with Gasteiger partial charge in [-0.1, -0.05) is 6.08 Å². The smallest absolute Gasteiger partial charge is 0.279 e. The third-order valence-corrected chi connectivity index (χ3v) is 2.72. The van der Waals surface area contributed by atoms with Crippen molar-refractivity contribution in [1.29, 1.82) is 0 Å². The van der Waals surface area contributed by atoms with Gasteiger partial charge in [-0.2, -0.15) is 4.99 Å². The molecule has 0 aromatic rings. The first-order chi connectivity index (χ1) is 8.29. The second kappa shape index (κ2) is 3.86. The highest BCUT2D eigenvalue weighted by Gasteiger charge is 2.38. The maximum absolute atomic E-state index is 11.4. The van der Waals surface area contributed by atoms with Crippen molar-refractivity contribution in [2.24, 2.45) is 15.0 Å². The third-order valence-electron chi connectivity index (χ3n) is 2.72. The van der Waals surface area contributed by atoms with E-state index in [1.54, 1.807) is 17.1 Å². The van der Waals surface area contributed by atoms with Gasteiger partial charge in [0.05, 0.1) is 12.9 Å². The summed E-state index contributed by atoms with van der Waals surface area (Å²) in [5, 5.41) is 8.97. The molecule has 0 fully saturated rings. The Balaban J connectivity index is 1.81. The summed E-state index contributed by atoms with van der Waals surface area (Å²) in [6.07, 6.45) is 5.61. The summed E-state index contributed by atoms with van der Waals surface area (Å²) in [6, 6.07) is -0.648. The molecule has 0 spiro atoms. The Hall–Kier alpha value is -1.86. The number of amidine groups is 1. The molecule has 1 unspecified atom stereocenters. The molecule has 0 radical (unpaired) electrons. The van der Waals surface area contributed by atoms with Gasteiger partial charge in [-0.3, -0.25) is 14.7 Å². The van der Waals surface area contributed by atoms with Crippen LogP contribution >= 0.6 is 0 Å². The fourth-order valence-electron chi connectivity index (χ4n) is 1.88. The zero-order chi connectivity index (χ0) is 11.8. The molecule has 0 aliphatic carbocycles. The number of hydrogen-bond donors (Lipinski definition) is 1. The molecular formula is C10H10N4O3. The number of fused-ring (bicyclic) bond motifs is 1. The number of hydrogen-bond acceptors (Lipinski definition) is 6. The minimum atomic E-state index is -0.648. The van der Waals surface area contributed by atoms with E-state index in [0.717, 1.165) is 0 Å². The molecule has 0 aromatic heterocycles. The van der Waals surface area contributed by atoms with E-state index in [4.69, 9.17) is 9.84 Å². The number of carbonyl (C=O) groups excluding carboxylic acids is 1. The van der Waals surface area contributed by atoms with E-state index >= 15 is 0 Å². The Bertz CT molecular complexity index is 468. The predicted molar refractivity (Wildman–Crippen MR) is 59.9 cm³/mol. The molecule has 3 atom stereocenters. The summed E-state index contributed by atoms with van der Waals surface area (Å²) < 4.78 is 5.52. The van der Waals surface area contributed by atoms with Crippen molar-refractivity contribution in [3.8, 4) is 0 Å². The number of aliphatic hydroxyl groups excluding tert-OH is 1. The normalized spacial score (nSPS) is 34.4. The lowest BCUT2D eigenvalue weighted by molar-refractivity contribution is -0.117. The summed E-state index contributed by atoms with van der Waals surface area (Å²) in [6.45, 7) is -0.0751. The molecule has 3 rings (SSSR count). The van der Waals surface area contributed by atoms with Gasteiger partial charge in [0.2, 0.25) is 0 Å². The van der Waals surface area contributed by atoms with Crippen LogP contribution in [0.3, 0.4) is 0 Å². The van der Waals surface area contributed by atoms with Gasteiger partial charge in [-0.15, -0.1) is 0 Å². The van der Waals surface area contributed by atoms with Crippen LogP contribution in [0.1, 0.15) is 0 Å². The second-order valence-electron chi connectivity index (χ2n) is 3.78. The third kappa shape index (κ3) is 1.60. The summed E-state index contributed by atoms with van der Waals surface area (Å²) in [5.74, 6) is 0.188. The molecule has 3 heterocycles. The van der Waals surface area contributed by atoms with Crippen molar-refractivity contribution in [3.05, 3.63) is 12.2 Å². The van der Waals surface area contributed by atoms with Crippen LogP contribution in [-0.2, 0) is 9.53 Å². The van der Waals surface area contributed by atoms with Crippen molar-refractivity contribution in [3.63, 3.8) is 0 Å². The summed E-state index contributed by atoms with van der Waals surface area (Å²) >= 11 is 0. The molecule has 88 valence electrons. The summed E-state index contributed by atoms with van der Waals surface area (Å²) in [7, 11) is 0. The van der Waals surface area contributed by atoms with Crippen LogP contribution < -0.4 is 0 Å². The molecule has 3 aliphatic rings. The van der Waals surface area contributed by atoms with Crippen molar-refractivity contribution in [1.82, 2.24) is 4.90 Å². The van der Waals surface area contributed by atoms with Crippen LogP contribution in [0.25, 0.3) is 0 Å². The summed E-state index contributed by atoms with van der Waals surface area (Å²) in [4.78, 5) is 24.8. The largest absolute Gasteiger partial charge is 0.393 e. The molecule has 1 amide bonds. The van der Waals surface area contributed by atoms with Gasteiger partial charge >= 0.3 is 0 Å². The average molecular weight is 234 g/mol. The van der Waals surface area contributed by atoms with Gasteiger partial charge in [0.1, 0.15) is 18.3 Å². The maximum atomic E-state index is 11.4. The van der Waals surface area contributed by atoms with Gasteiger partial charge in [-0.05, 0) is 6.08 Å². The highest BCUT2D eigenvalue weighted by molar-refractivity contribution is 6.19. The van der Waals surface area contributed by atoms with Gasteiger partial charge in [0, 0.05) is 0 Å². The first-order valence-corrected chi connectivity index (χ1v) is 5.20. The van der Waals surface area contributed by atoms with Crippen molar-refractivity contribution in [2.75, 3.05) is 6.61 Å². The number of aliphatic imine (C=N–C) groups is 3. The molecular weight excluding hydrogens is 224 g/mol. The standard InChI is InChI=1S/C10H10N4O3/c15-3-6-1-2-7(17-6)14-5-13-8-9(14)11-4-12-10(8)16/h1-2,4-8,15H,3H2/t6-,7+,8?/m0/s1. The van der Waals surface area contributed by atoms with Crippen molar-refractivity contribution < 1.29 is 14.6 Å². The fraction of sp³-hybridized carbons (Fsp3) is 0.400. The maximum Gasteiger partial charge on any atom is 0.279 e. The second-order valence-corrected chi connectivity index (χ2v) is 3.78. The van der Waals surface area contributed by atoms with E-state index in [1.165, 1.54) is 12.7 Å². The predicted octanol–water partition coefficient (Wildman–Crippen LogP) is -1.06. The van der Waals surface area contributed by atoms with Gasteiger partial charge in [0.25, 0.3) is 5.91 Å². The van der Waals surface area contributed by atoms with Crippen LogP contribution in [-0.4, -0.2) is 59.4 Å². The quantitative estimate of drug-likeness (QED) is 0.617. The van der Waals surface area contributed by atoms with Crippen LogP contribution in [0.4, 0.5) is 0 Å². The first kappa shape index (κ1) is 10.3. The lowest BCUT2D eigenvalue weighted by Crippen LogP contribution is -2.43. The molecule has 17 heavy (non-hydrogen) atoms. The van der Waals surface area contributed by atoms with Crippen LogP contribution in [0.15, 0.2) is 27.1 Å². The van der Waals surface area contributed by atoms with Crippen LogP contribution in [0.5, 0.6) is 0 Å². The Morgan fingerprint density at radius 3 is 3.12 bits per heavy atom. The van der Waals surface area contributed by atoms with E-state index in [0.29, 0.717) is 5.84 Å². The first-order valence-electron chi connectivity index (χ1n) is 5.20. The molecule has 3 aliphatic heterocycles. The Kier molecular flexibility index (Phi) is 2.34. The molecule has 1 N–H and O–H groups in total. The topological polar surface area (TPSA) is 86.9 Å². The zero-order valence-corrected chi connectivity index (χ0v) is 8.80. The van der Waals surface area contributed by atoms with Crippen LogP contribution in [0, 0.1) is 0 Å². The molecule has 0 saturated heterocycles. The number of nitrogens with zero attached hydrogens (tertiary/aromatic N) is 4. The molecule has 0 saturated carbocycles. The number of rotatable bonds is 2. The lowest BCUT2D eigenvalue weighted by Gasteiger charge is -2.24. The minimum Gasteiger partial charge on any atom is -0.393 e. The lowest BCUT2D eigenvalue weighted by atomic mass is 10.2. The average Bonchev–Trinajstić information content (AvgIpc) is 2.94. The Labute approximate surface area is 96.8 Å². The van der Waals surface area contributed by atoms with Gasteiger partial charge < -0.3 is 9.84 Å². The SMILES string of the molecule is O=C1N=CN=C2C1N=CN2[C@H]1C=C[C@@H](CO)O1. The fourth-order valence-corrected chi connectivity index (χ4v) is 1.88. The summed E-state index contributed by atoms with van der Waals surface area (Å²) in [5.41, 5.74) is 0. The van der Waals surface area contributed by atoms with Crippen LogP contribution in [0.2, 0.25) is 0 Å². The van der Waals surface area contributed by atoms with Gasteiger partial charge in [0.15, 0.2) is 12.3 Å². The monoisotopic (exact) mass is 234 g/mol. The Morgan fingerprint density at radius 1 is 1.47 bits per heavy atom. The highest BCUT2D eigenvalue weighted by Crippen LogP contribution is 2.21. The number of ether oxygens (including phenoxy) is 1. The molecule has 0 bridgehead atoms. The molecule has 7 nitrogen and oxygen atoms in total. The van der Waals surface area contributed by atoms with E-state index in [-0.39, 0.29) is 24.8 Å². The van der Waals surface area contributed by atoms with Gasteiger partial charge in [-0.25, -0.2) is 4.99 Å². The number of amides is 1. The Morgan fingerprint density at radius 2 is 2.35 bits per heavy atom. The number of aliphatic hydroxyl groups is 1. The molecule has 0 aromatic carbocycles. The van der Waals surface area contributed by atoms with E-state index in [2.05, 4.69) is 15.0 Å². The van der Waals surface area contributed by atoms with E-state index in [1.807, 2.05) is 0 Å². The van der Waals surface area contributed by atoms with Crippen molar-refractivity contribution in [2.45, 2.75) is 18.4 Å². The number of carbonyl (C=O) groups is 1. The van der Waals surface area contributed by atoms with Crippen molar-refractivity contribution >= 4 is 24.4 Å². The zero-order valence-electron chi connectivity index (χ0n) is 8.80. The van der Waals surface area contributed by atoms with E-state index in [9.17, 15) is 4.79 Å². The minimum absolute atomic E-state index is 0.0751. The van der Waals surface area contributed by atoms with E-state index < -0.39 is 6.04 Å². The molecule has 7 heteroatoms.